The quantitative estimate of drug-likeness (QED) is 0.703. The average Bonchev–Trinajstić information content (AvgIpc) is 3.14. The van der Waals surface area contributed by atoms with E-state index in [1.807, 2.05) is 0 Å². The summed E-state index contributed by atoms with van der Waals surface area (Å²) in [6.07, 6.45) is 4.71. The fourth-order valence-electron chi connectivity index (χ4n) is 8.59. The van der Waals surface area contributed by atoms with Crippen molar-refractivity contribution in [3.63, 3.8) is 0 Å². The maximum atomic E-state index is 14.7. The lowest BCUT2D eigenvalue weighted by atomic mass is 9.46. The molecule has 4 aliphatic rings. The Bertz CT molecular complexity index is 954. The molecule has 0 radical (unpaired) electrons. The Hall–Kier alpha value is -1.98. The molecular weight excluding hydrogens is 422 g/mol. The third kappa shape index (κ3) is 3.42. The van der Waals surface area contributed by atoms with Crippen LogP contribution in [0.5, 0.6) is 0 Å². The van der Waals surface area contributed by atoms with Gasteiger partial charge in [0.25, 0.3) is 5.91 Å². The number of likely N-dealkylation sites (tertiary alicyclic amines) is 1. The number of fused-ring (bicyclic) bond motifs is 5. The highest BCUT2D eigenvalue weighted by atomic mass is 19.1. The summed E-state index contributed by atoms with van der Waals surface area (Å²) in [4.78, 5) is 27.2. The van der Waals surface area contributed by atoms with Crippen LogP contribution < -0.4 is 5.32 Å². The second-order valence-corrected chi connectivity index (χ2v) is 11.6. The van der Waals surface area contributed by atoms with E-state index in [1.54, 1.807) is 30.1 Å². The largest absolute Gasteiger partial charge is 0.352 e. The molecule has 1 saturated heterocycles. The summed E-state index contributed by atoms with van der Waals surface area (Å²) in [5.74, 6) is 0.634. The predicted molar refractivity (Wildman–Crippen MR) is 122 cm³/mol. The van der Waals surface area contributed by atoms with Gasteiger partial charge in [-0.2, -0.15) is 0 Å². The van der Waals surface area contributed by atoms with E-state index in [9.17, 15) is 18.4 Å². The molecule has 5 rings (SSSR count). The Morgan fingerprint density at radius 1 is 1.09 bits per heavy atom. The molecular formula is C27H36F2N2O2. The Morgan fingerprint density at radius 3 is 2.58 bits per heavy atom. The predicted octanol–water partition coefficient (Wildman–Crippen LogP) is 4.87. The van der Waals surface area contributed by atoms with E-state index in [-0.39, 0.29) is 47.0 Å². The number of benzene rings is 1. The highest BCUT2D eigenvalue weighted by molar-refractivity contribution is 5.82. The van der Waals surface area contributed by atoms with Gasteiger partial charge in [-0.1, -0.05) is 32.0 Å². The van der Waals surface area contributed by atoms with E-state index in [0.29, 0.717) is 29.7 Å². The standard InChI is InChI=1S/C27H36F2N2O2/c1-26-13-12-19-17(8-11-23-27(19,2)14-22(29)25(33)31(23)3)18(26)9-10-20(26)24(32)30-15-16-6-4-5-7-21(16)28/h4-7,17-20,22-23H,8-15H2,1-3H3,(H,30,32)/t17?,18-,19?,20+,22+,23+,26-,27+/m0/s1. The highest BCUT2D eigenvalue weighted by Crippen LogP contribution is 2.66. The minimum atomic E-state index is -1.40. The lowest BCUT2D eigenvalue weighted by Crippen LogP contribution is -2.64. The van der Waals surface area contributed by atoms with E-state index in [0.717, 1.165) is 38.5 Å². The van der Waals surface area contributed by atoms with E-state index in [1.165, 1.54) is 6.07 Å². The summed E-state index contributed by atoms with van der Waals surface area (Å²) in [5, 5.41) is 3.01. The van der Waals surface area contributed by atoms with Crippen LogP contribution in [0.2, 0.25) is 0 Å². The fourth-order valence-corrected chi connectivity index (χ4v) is 8.59. The number of amides is 2. The van der Waals surface area contributed by atoms with Gasteiger partial charge in [-0.25, -0.2) is 8.78 Å². The zero-order valence-electron chi connectivity index (χ0n) is 19.9. The summed E-state index contributed by atoms with van der Waals surface area (Å²) >= 11 is 0. The lowest BCUT2D eigenvalue weighted by molar-refractivity contribution is -0.169. The van der Waals surface area contributed by atoms with Crippen molar-refractivity contribution in [2.45, 2.75) is 77.6 Å². The van der Waals surface area contributed by atoms with Gasteiger partial charge in [0.2, 0.25) is 5.91 Å². The third-order valence-electron chi connectivity index (χ3n) is 10.2. The van der Waals surface area contributed by atoms with Gasteiger partial charge in [-0.05, 0) is 79.6 Å². The van der Waals surface area contributed by atoms with Gasteiger partial charge in [0.1, 0.15) is 5.82 Å². The van der Waals surface area contributed by atoms with Crippen LogP contribution >= 0.6 is 0 Å². The minimum Gasteiger partial charge on any atom is -0.352 e. The molecule has 4 fully saturated rings. The van der Waals surface area contributed by atoms with Crippen LogP contribution in [0.1, 0.15) is 64.4 Å². The molecule has 33 heavy (non-hydrogen) atoms. The zero-order valence-corrected chi connectivity index (χ0v) is 19.9. The number of hydrogen-bond donors (Lipinski definition) is 1. The van der Waals surface area contributed by atoms with Crippen molar-refractivity contribution >= 4 is 11.8 Å². The summed E-state index contributed by atoms with van der Waals surface area (Å²) in [6.45, 7) is 4.70. The van der Waals surface area contributed by atoms with Gasteiger partial charge in [0, 0.05) is 31.1 Å². The second kappa shape index (κ2) is 8.06. The van der Waals surface area contributed by atoms with Crippen molar-refractivity contribution < 1.29 is 18.4 Å². The Kier molecular flexibility index (Phi) is 5.56. The van der Waals surface area contributed by atoms with Crippen LogP contribution in [-0.4, -0.2) is 36.0 Å². The number of nitrogens with one attached hydrogen (secondary N) is 1. The normalized spacial score (nSPS) is 42.3. The van der Waals surface area contributed by atoms with Crippen molar-refractivity contribution in [2.75, 3.05) is 7.05 Å². The summed E-state index contributed by atoms with van der Waals surface area (Å²) in [7, 11) is 1.77. The number of carbonyl (C=O) groups is 2. The maximum absolute atomic E-state index is 14.7. The molecule has 6 heteroatoms. The lowest BCUT2D eigenvalue weighted by Gasteiger charge is -2.62. The van der Waals surface area contributed by atoms with Gasteiger partial charge in [-0.15, -0.1) is 0 Å². The number of carbonyl (C=O) groups excluding carboxylic acids is 2. The summed E-state index contributed by atoms with van der Waals surface area (Å²) in [6, 6.07) is 6.69. The van der Waals surface area contributed by atoms with E-state index in [2.05, 4.69) is 19.2 Å². The maximum Gasteiger partial charge on any atom is 0.257 e. The zero-order chi connectivity index (χ0) is 23.5. The van der Waals surface area contributed by atoms with E-state index >= 15 is 0 Å². The van der Waals surface area contributed by atoms with Gasteiger partial charge in [0.15, 0.2) is 6.17 Å². The number of nitrogens with zero attached hydrogens (tertiary/aromatic N) is 1. The van der Waals surface area contributed by atoms with Crippen molar-refractivity contribution in [1.82, 2.24) is 10.2 Å². The SMILES string of the molecule is CN1C(=O)[C@H](F)C[C@]2(C)C3CC[C@]4(C)[C@@H](C(=O)NCc5ccccc5F)CC[C@H]4C3CC[C@@H]12. The Morgan fingerprint density at radius 2 is 1.82 bits per heavy atom. The second-order valence-electron chi connectivity index (χ2n) is 11.6. The first-order valence-corrected chi connectivity index (χ1v) is 12.6. The fraction of sp³-hybridized carbons (Fsp3) is 0.704. The smallest absolute Gasteiger partial charge is 0.257 e. The van der Waals surface area contributed by atoms with E-state index < -0.39 is 6.17 Å². The number of halogens is 2. The van der Waals surface area contributed by atoms with Crippen LogP contribution in [0.3, 0.4) is 0 Å². The van der Waals surface area contributed by atoms with Crippen LogP contribution in [0.15, 0.2) is 24.3 Å². The van der Waals surface area contributed by atoms with Crippen molar-refractivity contribution in [3.05, 3.63) is 35.6 Å². The summed E-state index contributed by atoms with van der Waals surface area (Å²) in [5.41, 5.74) is 0.240. The van der Waals surface area contributed by atoms with Crippen molar-refractivity contribution in [2.24, 2.45) is 34.5 Å². The molecule has 4 nitrogen and oxygen atoms in total. The Labute approximate surface area is 195 Å². The molecule has 0 aromatic heterocycles. The molecule has 1 heterocycles. The molecule has 1 aromatic carbocycles. The number of alkyl halides is 1. The molecule has 3 aliphatic carbocycles. The molecule has 2 unspecified atom stereocenters. The molecule has 1 N–H and O–H groups in total. The van der Waals surface area contributed by atoms with Gasteiger partial charge < -0.3 is 10.2 Å². The van der Waals surface area contributed by atoms with Crippen LogP contribution in [0, 0.1) is 40.3 Å². The molecule has 3 saturated carbocycles. The molecule has 1 aromatic rings. The van der Waals surface area contributed by atoms with Gasteiger partial charge >= 0.3 is 0 Å². The number of piperidine rings is 1. The molecule has 8 atom stereocenters. The van der Waals surface area contributed by atoms with Crippen LogP contribution in [0.25, 0.3) is 0 Å². The molecule has 0 bridgehead atoms. The molecule has 1 aliphatic heterocycles. The van der Waals surface area contributed by atoms with E-state index in [4.69, 9.17) is 0 Å². The van der Waals surface area contributed by atoms with Crippen molar-refractivity contribution in [3.8, 4) is 0 Å². The highest BCUT2D eigenvalue weighted by Gasteiger charge is 2.63. The van der Waals surface area contributed by atoms with Crippen LogP contribution in [0.4, 0.5) is 8.78 Å². The van der Waals surface area contributed by atoms with Crippen LogP contribution in [-0.2, 0) is 16.1 Å². The first-order chi connectivity index (χ1) is 15.7. The van der Waals surface area contributed by atoms with Crippen molar-refractivity contribution in [1.29, 1.82) is 0 Å². The summed E-state index contributed by atoms with van der Waals surface area (Å²) < 4.78 is 28.7. The Balaban J connectivity index is 1.32. The first kappa shape index (κ1) is 22.8. The minimum absolute atomic E-state index is 0.0356. The molecule has 0 spiro atoms. The molecule has 180 valence electrons. The monoisotopic (exact) mass is 458 g/mol. The number of rotatable bonds is 3. The van der Waals surface area contributed by atoms with Gasteiger partial charge in [-0.3, -0.25) is 9.59 Å². The molecule has 2 amide bonds. The van der Waals surface area contributed by atoms with Gasteiger partial charge in [0.05, 0.1) is 0 Å². The number of hydrogen-bond acceptors (Lipinski definition) is 2. The first-order valence-electron chi connectivity index (χ1n) is 12.6. The average molecular weight is 459 g/mol. The topological polar surface area (TPSA) is 49.4 Å². The third-order valence-corrected chi connectivity index (χ3v) is 10.2.